The minimum atomic E-state index is -0.955. The number of thioether (sulfide) groups is 1. The fourth-order valence-electron chi connectivity index (χ4n) is 2.67. The highest BCUT2D eigenvalue weighted by molar-refractivity contribution is 8.18. The van der Waals surface area contributed by atoms with Gasteiger partial charge in [-0.2, -0.15) is 0 Å². The number of carbonyl (C=O) groups excluding carboxylic acids is 3. The molecule has 1 saturated heterocycles. The Morgan fingerprint density at radius 1 is 1.19 bits per heavy atom. The Morgan fingerprint density at radius 2 is 1.90 bits per heavy atom. The molecule has 0 radical (unpaired) electrons. The van der Waals surface area contributed by atoms with Crippen LogP contribution >= 0.6 is 11.8 Å². The summed E-state index contributed by atoms with van der Waals surface area (Å²) in [5, 5.41) is 1.62. The number of halogens is 2. The molecule has 2 aromatic carbocycles. The number of nitrogens with one attached hydrogen (secondary N) is 1. The van der Waals surface area contributed by atoms with E-state index in [-0.39, 0.29) is 16.7 Å². The lowest BCUT2D eigenvalue weighted by molar-refractivity contribution is -0.127. The fraction of sp³-hybridized carbons (Fsp3) is 0.227. The lowest BCUT2D eigenvalue weighted by Gasteiger charge is -2.13. The van der Waals surface area contributed by atoms with Crippen LogP contribution in [0.15, 0.2) is 47.4 Å². The second kappa shape index (κ2) is 9.74. The Labute approximate surface area is 182 Å². The zero-order chi connectivity index (χ0) is 22.5. The molecule has 0 bridgehead atoms. The van der Waals surface area contributed by atoms with Gasteiger partial charge in [-0.3, -0.25) is 19.3 Å². The smallest absolute Gasteiger partial charge is 0.294 e. The molecule has 0 saturated carbocycles. The average molecular weight is 446 g/mol. The second-order valence-corrected chi connectivity index (χ2v) is 7.84. The van der Waals surface area contributed by atoms with Gasteiger partial charge in [-0.1, -0.05) is 19.1 Å². The van der Waals surface area contributed by atoms with Gasteiger partial charge < -0.3 is 10.1 Å². The van der Waals surface area contributed by atoms with Crippen LogP contribution in [0.3, 0.4) is 0 Å². The molecule has 1 fully saturated rings. The number of hydrogen-bond acceptors (Lipinski definition) is 5. The summed E-state index contributed by atoms with van der Waals surface area (Å²) < 4.78 is 32.3. The van der Waals surface area contributed by atoms with Crippen molar-refractivity contribution in [3.63, 3.8) is 0 Å². The summed E-state index contributed by atoms with van der Waals surface area (Å²) in [6, 6.07) is 9.73. The molecular formula is C22H20F2N2O4S. The molecule has 6 nitrogen and oxygen atoms in total. The van der Waals surface area contributed by atoms with Crippen LogP contribution in [0.4, 0.5) is 19.3 Å². The molecular weight excluding hydrogens is 426 g/mol. The Morgan fingerprint density at radius 3 is 2.55 bits per heavy atom. The quantitative estimate of drug-likeness (QED) is 0.618. The molecule has 31 heavy (non-hydrogen) atoms. The van der Waals surface area contributed by atoms with Gasteiger partial charge in [0.1, 0.15) is 23.9 Å². The highest BCUT2D eigenvalue weighted by Crippen LogP contribution is 2.32. The third-order valence-corrected chi connectivity index (χ3v) is 5.38. The number of carbonyl (C=O) groups is 3. The van der Waals surface area contributed by atoms with Crippen molar-refractivity contribution in [2.45, 2.75) is 26.4 Å². The van der Waals surface area contributed by atoms with Crippen LogP contribution in [0, 0.1) is 11.6 Å². The first-order chi connectivity index (χ1) is 14.8. The van der Waals surface area contributed by atoms with E-state index in [1.165, 1.54) is 0 Å². The summed E-state index contributed by atoms with van der Waals surface area (Å²) in [4.78, 5) is 37.8. The maximum atomic E-state index is 13.7. The minimum absolute atomic E-state index is 0.0804. The van der Waals surface area contributed by atoms with Crippen molar-refractivity contribution in [3.8, 4) is 5.75 Å². The van der Waals surface area contributed by atoms with Crippen molar-refractivity contribution < 1.29 is 27.9 Å². The number of ether oxygens (including phenoxy) is 1. The Hall–Kier alpha value is -3.20. The van der Waals surface area contributed by atoms with Crippen LogP contribution in [0.5, 0.6) is 5.75 Å². The van der Waals surface area contributed by atoms with Crippen molar-refractivity contribution in [1.82, 2.24) is 4.90 Å². The van der Waals surface area contributed by atoms with Gasteiger partial charge in [-0.25, -0.2) is 8.78 Å². The number of amides is 3. The molecule has 0 spiro atoms. The minimum Gasteiger partial charge on any atom is -0.491 e. The summed E-state index contributed by atoms with van der Waals surface area (Å²) in [7, 11) is 0. The molecule has 0 unspecified atom stereocenters. The third-order valence-electron chi connectivity index (χ3n) is 4.47. The van der Waals surface area contributed by atoms with E-state index < -0.39 is 35.2 Å². The van der Waals surface area contributed by atoms with Crippen LogP contribution in [0.1, 0.15) is 25.8 Å². The lowest BCUT2D eigenvalue weighted by Crippen LogP contribution is -2.36. The number of benzene rings is 2. The molecule has 0 aromatic heterocycles. The molecule has 1 heterocycles. The predicted molar refractivity (Wildman–Crippen MR) is 114 cm³/mol. The second-order valence-electron chi connectivity index (χ2n) is 6.85. The molecule has 9 heteroatoms. The Bertz CT molecular complexity index is 1040. The largest absolute Gasteiger partial charge is 0.491 e. The normalized spacial score (nSPS) is 16.0. The first kappa shape index (κ1) is 22.5. The van der Waals surface area contributed by atoms with E-state index in [4.69, 9.17) is 4.74 Å². The van der Waals surface area contributed by atoms with Crippen molar-refractivity contribution in [2.75, 3.05) is 11.9 Å². The Kier molecular flexibility index (Phi) is 7.06. The van der Waals surface area contributed by atoms with Crippen molar-refractivity contribution >= 4 is 40.6 Å². The maximum absolute atomic E-state index is 13.7. The van der Waals surface area contributed by atoms with E-state index in [2.05, 4.69) is 5.32 Å². The predicted octanol–water partition coefficient (Wildman–Crippen LogP) is 4.82. The van der Waals surface area contributed by atoms with Gasteiger partial charge in [0.2, 0.25) is 5.91 Å². The molecule has 0 aliphatic carbocycles. The van der Waals surface area contributed by atoms with E-state index >= 15 is 0 Å². The van der Waals surface area contributed by atoms with Gasteiger partial charge >= 0.3 is 0 Å². The third kappa shape index (κ3) is 5.69. The molecule has 1 N–H and O–H groups in total. The summed E-state index contributed by atoms with van der Waals surface area (Å²) in [6.07, 6.45) is 2.50. The number of hydrogen-bond donors (Lipinski definition) is 1. The zero-order valence-corrected chi connectivity index (χ0v) is 17.7. The molecule has 2 aromatic rings. The van der Waals surface area contributed by atoms with Crippen molar-refractivity contribution in [2.24, 2.45) is 0 Å². The van der Waals surface area contributed by atoms with Gasteiger partial charge in [0.25, 0.3) is 11.1 Å². The van der Waals surface area contributed by atoms with E-state index in [0.29, 0.717) is 29.1 Å². The molecule has 1 atom stereocenters. The highest BCUT2D eigenvalue weighted by Gasteiger charge is 2.36. The number of rotatable bonds is 7. The topological polar surface area (TPSA) is 75.7 Å². The van der Waals surface area contributed by atoms with Crippen LogP contribution < -0.4 is 10.1 Å². The van der Waals surface area contributed by atoms with Crippen LogP contribution in [0.25, 0.3) is 6.08 Å². The van der Waals surface area contributed by atoms with E-state index in [9.17, 15) is 23.2 Å². The summed E-state index contributed by atoms with van der Waals surface area (Å²) >= 11 is 0.712. The molecule has 1 aliphatic heterocycles. The molecule has 1 aliphatic rings. The molecule has 3 amide bonds. The summed E-state index contributed by atoms with van der Waals surface area (Å²) in [5.74, 6) is -2.44. The Balaban J connectivity index is 1.65. The van der Waals surface area contributed by atoms with Gasteiger partial charge in [-0.05, 0) is 61.0 Å². The van der Waals surface area contributed by atoms with Crippen molar-refractivity contribution in [1.29, 1.82) is 0 Å². The highest BCUT2D eigenvalue weighted by atomic mass is 32.2. The van der Waals surface area contributed by atoms with Crippen molar-refractivity contribution in [3.05, 3.63) is 64.6 Å². The van der Waals surface area contributed by atoms with Gasteiger partial charge in [-0.15, -0.1) is 0 Å². The maximum Gasteiger partial charge on any atom is 0.294 e. The molecule has 3 rings (SSSR count). The fourth-order valence-corrected chi connectivity index (χ4v) is 3.51. The number of nitrogens with zero attached hydrogens (tertiary/aromatic N) is 1. The standard InChI is InChI=1S/C22H20F2N2O4S/c1-3-13(2)30-16-7-4-14(5-8-16)10-19-21(28)26(22(29)31-19)12-20(27)25-18-9-6-15(23)11-17(18)24/h4-11,13H,3,12H2,1-2H3,(H,25,27)/b19-10-/t13-/m1/s1. The first-order valence-electron chi connectivity index (χ1n) is 9.53. The molecule has 162 valence electrons. The van der Waals surface area contributed by atoms with E-state index in [0.717, 1.165) is 23.5 Å². The van der Waals surface area contributed by atoms with E-state index in [1.807, 2.05) is 13.8 Å². The van der Waals surface area contributed by atoms with Crippen LogP contribution in [-0.4, -0.2) is 34.6 Å². The van der Waals surface area contributed by atoms with Crippen LogP contribution in [0.2, 0.25) is 0 Å². The SMILES string of the molecule is CC[C@@H](C)Oc1ccc(/C=C2\SC(=O)N(CC(=O)Nc3ccc(F)cc3F)C2=O)cc1. The van der Waals surface area contributed by atoms with Gasteiger partial charge in [0.15, 0.2) is 0 Å². The van der Waals surface area contributed by atoms with Gasteiger partial charge in [0.05, 0.1) is 16.7 Å². The zero-order valence-electron chi connectivity index (χ0n) is 16.9. The number of anilines is 1. The van der Waals surface area contributed by atoms with Crippen LogP contribution in [-0.2, 0) is 9.59 Å². The average Bonchev–Trinajstić information content (AvgIpc) is 2.98. The summed E-state index contributed by atoms with van der Waals surface area (Å²) in [5.41, 5.74) is 0.452. The monoisotopic (exact) mass is 446 g/mol. The summed E-state index contributed by atoms with van der Waals surface area (Å²) in [6.45, 7) is 3.40. The number of imide groups is 1. The first-order valence-corrected chi connectivity index (χ1v) is 10.4. The lowest BCUT2D eigenvalue weighted by atomic mass is 10.2. The van der Waals surface area contributed by atoms with E-state index in [1.54, 1.807) is 30.3 Å². The van der Waals surface area contributed by atoms with Gasteiger partial charge in [0, 0.05) is 6.07 Å².